The molecular formula is C12H16F3N3O2. The van der Waals surface area contributed by atoms with E-state index >= 15 is 0 Å². The van der Waals surface area contributed by atoms with Gasteiger partial charge >= 0.3 is 6.18 Å². The van der Waals surface area contributed by atoms with E-state index in [1.165, 1.54) is 6.07 Å². The summed E-state index contributed by atoms with van der Waals surface area (Å²) >= 11 is 0. The van der Waals surface area contributed by atoms with Gasteiger partial charge in [0, 0.05) is 12.1 Å². The second-order valence-electron chi connectivity index (χ2n) is 4.34. The summed E-state index contributed by atoms with van der Waals surface area (Å²) in [6.45, 7) is 0.925. The first-order valence-corrected chi connectivity index (χ1v) is 5.72. The highest BCUT2D eigenvalue weighted by Crippen LogP contribution is 2.33. The van der Waals surface area contributed by atoms with Crippen LogP contribution in [0.25, 0.3) is 0 Å². The molecule has 112 valence electrons. The Bertz CT molecular complexity index is 487. The van der Waals surface area contributed by atoms with Crippen molar-refractivity contribution < 1.29 is 23.1 Å². The van der Waals surface area contributed by atoms with Crippen molar-refractivity contribution in [2.45, 2.75) is 6.18 Å². The molecule has 0 radical (unpaired) electrons. The van der Waals surface area contributed by atoms with Crippen LogP contribution in [0.3, 0.4) is 0 Å². The van der Waals surface area contributed by atoms with Gasteiger partial charge in [-0.1, -0.05) is 5.16 Å². The molecule has 0 aliphatic rings. The average Bonchev–Trinajstić information content (AvgIpc) is 2.36. The number of hydrogen-bond donors (Lipinski definition) is 2. The Labute approximate surface area is 114 Å². The van der Waals surface area contributed by atoms with Crippen LogP contribution in [0.5, 0.6) is 5.75 Å². The van der Waals surface area contributed by atoms with Crippen molar-refractivity contribution in [1.82, 2.24) is 4.90 Å². The normalized spacial score (nSPS) is 12.8. The zero-order valence-electron chi connectivity index (χ0n) is 11.1. The van der Waals surface area contributed by atoms with Crippen molar-refractivity contribution in [2.24, 2.45) is 10.9 Å². The number of hydrogen-bond acceptors (Lipinski definition) is 4. The van der Waals surface area contributed by atoms with Gasteiger partial charge in [-0.2, -0.15) is 13.2 Å². The molecule has 1 aromatic rings. The molecule has 0 unspecified atom stereocenters. The van der Waals surface area contributed by atoms with Crippen LogP contribution >= 0.6 is 0 Å². The molecule has 0 heterocycles. The van der Waals surface area contributed by atoms with Gasteiger partial charge in [0.15, 0.2) is 5.84 Å². The molecule has 0 spiro atoms. The number of nitrogens with zero attached hydrogens (tertiary/aromatic N) is 2. The van der Waals surface area contributed by atoms with E-state index in [0.29, 0.717) is 13.2 Å². The number of halogens is 3. The molecule has 0 bridgehead atoms. The molecule has 20 heavy (non-hydrogen) atoms. The molecule has 0 aliphatic carbocycles. The van der Waals surface area contributed by atoms with Crippen LogP contribution < -0.4 is 10.5 Å². The lowest BCUT2D eigenvalue weighted by Crippen LogP contribution is -2.21. The summed E-state index contributed by atoms with van der Waals surface area (Å²) in [7, 11) is 3.69. The Balaban J connectivity index is 3.03. The summed E-state index contributed by atoms with van der Waals surface area (Å²) in [4.78, 5) is 1.87. The molecule has 3 N–H and O–H groups in total. The van der Waals surface area contributed by atoms with E-state index in [2.05, 4.69) is 5.16 Å². The molecule has 8 heteroatoms. The number of rotatable bonds is 5. The van der Waals surface area contributed by atoms with Crippen molar-refractivity contribution >= 4 is 5.84 Å². The molecule has 1 aromatic carbocycles. The van der Waals surface area contributed by atoms with E-state index in [-0.39, 0.29) is 5.75 Å². The van der Waals surface area contributed by atoms with Crippen molar-refractivity contribution in [3.05, 3.63) is 29.3 Å². The smallest absolute Gasteiger partial charge is 0.417 e. The van der Waals surface area contributed by atoms with E-state index in [0.717, 1.165) is 12.1 Å². The van der Waals surface area contributed by atoms with Gasteiger partial charge in [0.25, 0.3) is 0 Å². The van der Waals surface area contributed by atoms with Gasteiger partial charge in [0.05, 0.1) is 5.56 Å². The molecule has 0 saturated heterocycles. The summed E-state index contributed by atoms with van der Waals surface area (Å²) in [5.74, 6) is -0.392. The van der Waals surface area contributed by atoms with Crippen molar-refractivity contribution in [2.75, 3.05) is 27.2 Å². The first kappa shape index (κ1) is 16.1. The Kier molecular flexibility index (Phi) is 5.20. The van der Waals surface area contributed by atoms with Gasteiger partial charge in [0.1, 0.15) is 12.4 Å². The monoisotopic (exact) mass is 291 g/mol. The summed E-state index contributed by atoms with van der Waals surface area (Å²) < 4.78 is 43.7. The Hall–Kier alpha value is -1.96. The van der Waals surface area contributed by atoms with Gasteiger partial charge < -0.3 is 20.6 Å². The largest absolute Gasteiger partial charge is 0.492 e. The number of nitrogens with two attached hydrogens (primary N) is 1. The maximum absolute atomic E-state index is 12.8. The molecule has 0 aliphatic heterocycles. The van der Waals surface area contributed by atoms with Gasteiger partial charge in [-0.25, -0.2) is 0 Å². The Morgan fingerprint density at radius 2 is 2.05 bits per heavy atom. The van der Waals surface area contributed by atoms with E-state index in [1.807, 2.05) is 19.0 Å². The predicted molar refractivity (Wildman–Crippen MR) is 68.0 cm³/mol. The third kappa shape index (κ3) is 4.30. The number of ether oxygens (including phenoxy) is 1. The minimum atomic E-state index is -4.59. The Morgan fingerprint density at radius 3 is 2.55 bits per heavy atom. The SMILES string of the molecule is CN(C)CCOc1ccc(C(F)(F)F)c(/C(N)=N/O)c1. The minimum absolute atomic E-state index is 0.224. The average molecular weight is 291 g/mol. The zero-order valence-corrected chi connectivity index (χ0v) is 11.1. The zero-order chi connectivity index (χ0) is 15.3. The summed E-state index contributed by atoms with van der Waals surface area (Å²) in [6.07, 6.45) is -4.59. The van der Waals surface area contributed by atoms with E-state index in [9.17, 15) is 13.2 Å². The molecular weight excluding hydrogens is 275 g/mol. The van der Waals surface area contributed by atoms with Gasteiger partial charge in [-0.05, 0) is 32.3 Å². The van der Waals surface area contributed by atoms with Crippen molar-refractivity contribution in [3.63, 3.8) is 0 Å². The van der Waals surface area contributed by atoms with Crippen LogP contribution in [-0.2, 0) is 6.18 Å². The van der Waals surface area contributed by atoms with E-state index in [1.54, 1.807) is 0 Å². The highest BCUT2D eigenvalue weighted by Gasteiger charge is 2.34. The fourth-order valence-electron chi connectivity index (χ4n) is 1.47. The van der Waals surface area contributed by atoms with Crippen LogP contribution in [0.1, 0.15) is 11.1 Å². The molecule has 1 rings (SSSR count). The first-order valence-electron chi connectivity index (χ1n) is 5.72. The lowest BCUT2D eigenvalue weighted by Gasteiger charge is -2.15. The number of alkyl halides is 3. The van der Waals surface area contributed by atoms with Crippen LogP contribution in [0.2, 0.25) is 0 Å². The molecule has 0 aromatic heterocycles. The van der Waals surface area contributed by atoms with Crippen LogP contribution in [0.4, 0.5) is 13.2 Å². The number of amidine groups is 1. The molecule has 5 nitrogen and oxygen atoms in total. The maximum Gasteiger partial charge on any atom is 0.417 e. The standard InChI is InChI=1S/C12H16F3N3O2/c1-18(2)5-6-20-8-3-4-10(12(13,14)15)9(7-8)11(16)17-19/h3-4,7,19H,5-6H2,1-2H3,(H2,16,17). The minimum Gasteiger partial charge on any atom is -0.492 e. The van der Waals surface area contributed by atoms with Gasteiger partial charge in [0.2, 0.25) is 0 Å². The van der Waals surface area contributed by atoms with Crippen LogP contribution in [0, 0.1) is 0 Å². The van der Waals surface area contributed by atoms with E-state index < -0.39 is 23.1 Å². The van der Waals surface area contributed by atoms with Gasteiger partial charge in [-0.3, -0.25) is 0 Å². The lowest BCUT2D eigenvalue weighted by atomic mass is 10.1. The molecule has 0 fully saturated rings. The number of benzene rings is 1. The van der Waals surface area contributed by atoms with Crippen molar-refractivity contribution in [1.29, 1.82) is 0 Å². The summed E-state index contributed by atoms with van der Waals surface area (Å²) in [5.41, 5.74) is 3.88. The van der Waals surface area contributed by atoms with E-state index in [4.69, 9.17) is 15.7 Å². The summed E-state index contributed by atoms with van der Waals surface area (Å²) in [5, 5.41) is 11.2. The Morgan fingerprint density at radius 1 is 1.40 bits per heavy atom. The first-order chi connectivity index (χ1) is 9.25. The van der Waals surface area contributed by atoms with Crippen LogP contribution in [-0.4, -0.2) is 43.2 Å². The third-order valence-electron chi connectivity index (χ3n) is 2.49. The second-order valence-corrected chi connectivity index (χ2v) is 4.34. The van der Waals surface area contributed by atoms with Crippen molar-refractivity contribution in [3.8, 4) is 5.75 Å². The quantitative estimate of drug-likeness (QED) is 0.375. The fraction of sp³-hybridized carbons (Fsp3) is 0.417. The highest BCUT2D eigenvalue weighted by molar-refractivity contribution is 5.99. The van der Waals surface area contributed by atoms with Gasteiger partial charge in [-0.15, -0.1) is 0 Å². The highest BCUT2D eigenvalue weighted by atomic mass is 19.4. The molecule has 0 saturated carbocycles. The molecule has 0 amide bonds. The number of likely N-dealkylation sites (N-methyl/N-ethyl adjacent to an activating group) is 1. The summed E-state index contributed by atoms with van der Waals surface area (Å²) in [6, 6.07) is 3.15. The third-order valence-corrected chi connectivity index (χ3v) is 2.49. The molecule has 0 atom stereocenters. The number of oxime groups is 1. The predicted octanol–water partition coefficient (Wildman–Crippen LogP) is 1.74. The second kappa shape index (κ2) is 6.47. The maximum atomic E-state index is 12.8. The van der Waals surface area contributed by atoms with Crippen LogP contribution in [0.15, 0.2) is 23.4 Å². The lowest BCUT2D eigenvalue weighted by molar-refractivity contribution is -0.137. The topological polar surface area (TPSA) is 71.1 Å². The fourth-order valence-corrected chi connectivity index (χ4v) is 1.47.